The number of amides is 1. The van der Waals surface area contributed by atoms with Crippen LogP contribution in [-0.2, 0) is 21.8 Å². The quantitative estimate of drug-likeness (QED) is 0.675. The first kappa shape index (κ1) is 18.0. The molecule has 3 rings (SSSR count). The summed E-state index contributed by atoms with van der Waals surface area (Å²) < 4.78 is 6.67. The van der Waals surface area contributed by atoms with E-state index in [2.05, 4.69) is 10.3 Å². The van der Waals surface area contributed by atoms with Gasteiger partial charge in [-0.25, -0.2) is 9.78 Å². The Morgan fingerprint density at radius 2 is 1.88 bits per heavy atom. The number of benzene rings is 2. The van der Waals surface area contributed by atoms with Gasteiger partial charge in [0.15, 0.2) is 0 Å². The SMILES string of the molecule is COC(=O)c1ccccc1NC(=O)Cn1c(CSC)nc2ccccc21. The third-order valence-electron chi connectivity index (χ3n) is 3.92. The normalized spacial score (nSPS) is 10.7. The summed E-state index contributed by atoms with van der Waals surface area (Å²) in [6.45, 7) is 0.117. The van der Waals surface area contributed by atoms with Crippen molar-refractivity contribution in [3.8, 4) is 0 Å². The predicted molar refractivity (Wildman–Crippen MR) is 103 cm³/mol. The van der Waals surface area contributed by atoms with E-state index < -0.39 is 5.97 Å². The zero-order valence-corrected chi connectivity index (χ0v) is 15.4. The van der Waals surface area contributed by atoms with Crippen molar-refractivity contribution in [3.63, 3.8) is 0 Å². The number of anilines is 1. The van der Waals surface area contributed by atoms with Crippen molar-refractivity contribution >= 4 is 40.4 Å². The van der Waals surface area contributed by atoms with Gasteiger partial charge in [-0.1, -0.05) is 24.3 Å². The molecule has 0 saturated heterocycles. The lowest BCUT2D eigenvalue weighted by Crippen LogP contribution is -2.21. The maximum Gasteiger partial charge on any atom is 0.339 e. The number of aromatic nitrogens is 2. The molecule has 1 heterocycles. The minimum absolute atomic E-state index is 0.117. The van der Waals surface area contributed by atoms with Gasteiger partial charge < -0.3 is 14.6 Å². The zero-order valence-electron chi connectivity index (χ0n) is 14.6. The van der Waals surface area contributed by atoms with Crippen LogP contribution < -0.4 is 5.32 Å². The average molecular weight is 369 g/mol. The Morgan fingerprint density at radius 3 is 2.65 bits per heavy atom. The summed E-state index contributed by atoms with van der Waals surface area (Å²) in [5.74, 6) is 0.833. The average Bonchev–Trinajstić information content (AvgIpc) is 2.99. The maximum absolute atomic E-state index is 12.6. The van der Waals surface area contributed by atoms with Crippen LogP contribution in [0.5, 0.6) is 0 Å². The molecule has 0 aliphatic carbocycles. The molecule has 2 aromatic carbocycles. The maximum atomic E-state index is 12.6. The number of nitrogens with one attached hydrogen (secondary N) is 1. The van der Waals surface area contributed by atoms with Gasteiger partial charge in [0.05, 0.1) is 35.1 Å². The molecule has 6 nitrogen and oxygen atoms in total. The van der Waals surface area contributed by atoms with Crippen molar-refractivity contribution in [2.75, 3.05) is 18.7 Å². The van der Waals surface area contributed by atoms with Gasteiger partial charge >= 0.3 is 5.97 Å². The van der Waals surface area contributed by atoms with Crippen LogP contribution in [0.1, 0.15) is 16.2 Å². The second-order valence-electron chi connectivity index (χ2n) is 5.62. The Balaban J connectivity index is 1.86. The molecule has 3 aromatic rings. The Kier molecular flexibility index (Phi) is 5.58. The zero-order chi connectivity index (χ0) is 18.5. The topological polar surface area (TPSA) is 73.2 Å². The molecule has 0 saturated carbocycles. The monoisotopic (exact) mass is 369 g/mol. The third kappa shape index (κ3) is 3.72. The minimum Gasteiger partial charge on any atom is -0.465 e. The van der Waals surface area contributed by atoms with Crippen molar-refractivity contribution in [2.24, 2.45) is 0 Å². The highest BCUT2D eigenvalue weighted by Crippen LogP contribution is 2.20. The molecule has 134 valence electrons. The molecule has 26 heavy (non-hydrogen) atoms. The van der Waals surface area contributed by atoms with Crippen LogP contribution in [0.3, 0.4) is 0 Å². The van der Waals surface area contributed by atoms with Crippen LogP contribution in [0.25, 0.3) is 11.0 Å². The van der Waals surface area contributed by atoms with Gasteiger partial charge in [-0.05, 0) is 30.5 Å². The number of imidazole rings is 1. The summed E-state index contributed by atoms with van der Waals surface area (Å²) in [6.07, 6.45) is 2.00. The summed E-state index contributed by atoms with van der Waals surface area (Å²) in [4.78, 5) is 29.1. The van der Waals surface area contributed by atoms with E-state index >= 15 is 0 Å². The van der Waals surface area contributed by atoms with Crippen molar-refractivity contribution in [1.29, 1.82) is 0 Å². The van der Waals surface area contributed by atoms with Crippen molar-refractivity contribution < 1.29 is 14.3 Å². The van der Waals surface area contributed by atoms with Crippen molar-refractivity contribution in [1.82, 2.24) is 9.55 Å². The molecule has 0 fully saturated rings. The second-order valence-corrected chi connectivity index (χ2v) is 6.49. The smallest absolute Gasteiger partial charge is 0.339 e. The van der Waals surface area contributed by atoms with Gasteiger partial charge in [0.25, 0.3) is 0 Å². The second kappa shape index (κ2) is 8.05. The molecule has 0 aliphatic heterocycles. The van der Waals surface area contributed by atoms with E-state index in [-0.39, 0.29) is 12.5 Å². The summed E-state index contributed by atoms with van der Waals surface area (Å²) in [5.41, 5.74) is 2.52. The Bertz CT molecular complexity index is 952. The largest absolute Gasteiger partial charge is 0.465 e. The molecule has 7 heteroatoms. The van der Waals surface area contributed by atoms with Crippen molar-refractivity contribution in [2.45, 2.75) is 12.3 Å². The fraction of sp³-hybridized carbons (Fsp3) is 0.211. The Morgan fingerprint density at radius 1 is 1.15 bits per heavy atom. The summed E-state index contributed by atoms with van der Waals surface area (Å²) in [7, 11) is 1.31. The number of ether oxygens (including phenoxy) is 1. The highest BCUT2D eigenvalue weighted by atomic mass is 32.2. The standard InChI is InChI=1S/C19H19N3O3S/c1-25-19(24)13-7-3-4-8-14(13)21-18(23)11-22-16-10-6-5-9-15(16)20-17(22)12-26-2/h3-10H,11-12H2,1-2H3,(H,21,23). The number of para-hydroxylation sites is 3. The lowest BCUT2D eigenvalue weighted by molar-refractivity contribution is -0.116. The molecular formula is C19H19N3O3S. The van der Waals surface area contributed by atoms with Crippen LogP contribution in [0, 0.1) is 0 Å². The lowest BCUT2D eigenvalue weighted by atomic mass is 10.2. The molecule has 1 amide bonds. The number of thioether (sulfide) groups is 1. The number of fused-ring (bicyclic) bond motifs is 1. The summed E-state index contributed by atoms with van der Waals surface area (Å²) in [6, 6.07) is 14.5. The molecule has 0 unspecified atom stereocenters. The van der Waals surface area contributed by atoms with Gasteiger partial charge in [0.2, 0.25) is 5.91 Å². The number of methoxy groups -OCH3 is 1. The van der Waals surface area contributed by atoms with Gasteiger partial charge in [0.1, 0.15) is 12.4 Å². The number of hydrogen-bond donors (Lipinski definition) is 1. The Hall–Kier alpha value is -2.80. The summed E-state index contributed by atoms with van der Waals surface area (Å²) >= 11 is 1.65. The van der Waals surface area contributed by atoms with E-state index in [1.807, 2.05) is 35.1 Å². The minimum atomic E-state index is -0.489. The van der Waals surface area contributed by atoms with E-state index in [9.17, 15) is 9.59 Å². The summed E-state index contributed by atoms with van der Waals surface area (Å²) in [5, 5.41) is 2.80. The van der Waals surface area contributed by atoms with Crippen molar-refractivity contribution in [3.05, 3.63) is 59.9 Å². The number of rotatable bonds is 6. The third-order valence-corrected chi connectivity index (χ3v) is 4.46. The number of carbonyl (C=O) groups excluding carboxylic acids is 2. The van der Waals surface area contributed by atoms with E-state index in [1.165, 1.54) is 7.11 Å². The molecule has 0 bridgehead atoms. The predicted octanol–water partition coefficient (Wildman–Crippen LogP) is 3.32. The van der Waals surface area contributed by atoms with E-state index in [1.54, 1.807) is 36.0 Å². The first-order valence-corrected chi connectivity index (χ1v) is 9.43. The highest BCUT2D eigenvalue weighted by Gasteiger charge is 2.16. The molecule has 0 radical (unpaired) electrons. The molecule has 1 N–H and O–H groups in total. The molecule has 0 atom stereocenters. The highest BCUT2D eigenvalue weighted by molar-refractivity contribution is 7.97. The number of esters is 1. The van der Waals surface area contributed by atoms with E-state index in [0.717, 1.165) is 16.9 Å². The first-order valence-electron chi connectivity index (χ1n) is 8.04. The number of hydrogen-bond acceptors (Lipinski definition) is 5. The van der Waals surface area contributed by atoms with Crippen LogP contribution in [-0.4, -0.2) is 34.8 Å². The van der Waals surface area contributed by atoms with E-state index in [0.29, 0.717) is 17.0 Å². The lowest BCUT2D eigenvalue weighted by Gasteiger charge is -2.12. The van der Waals surface area contributed by atoms with Crippen LogP contribution in [0.15, 0.2) is 48.5 Å². The van der Waals surface area contributed by atoms with Gasteiger partial charge in [0, 0.05) is 0 Å². The van der Waals surface area contributed by atoms with E-state index in [4.69, 9.17) is 4.74 Å². The van der Waals surface area contributed by atoms with Gasteiger partial charge in [-0.15, -0.1) is 0 Å². The van der Waals surface area contributed by atoms with Crippen LogP contribution in [0.4, 0.5) is 5.69 Å². The van der Waals surface area contributed by atoms with Crippen LogP contribution >= 0.6 is 11.8 Å². The van der Waals surface area contributed by atoms with Gasteiger partial charge in [-0.3, -0.25) is 4.79 Å². The molecule has 1 aromatic heterocycles. The molecule has 0 spiro atoms. The fourth-order valence-electron chi connectivity index (χ4n) is 2.75. The molecular weight excluding hydrogens is 350 g/mol. The molecule has 0 aliphatic rings. The number of nitrogens with zero attached hydrogens (tertiary/aromatic N) is 2. The van der Waals surface area contributed by atoms with Crippen LogP contribution in [0.2, 0.25) is 0 Å². The Labute approximate surface area is 155 Å². The number of carbonyl (C=O) groups is 2. The van der Waals surface area contributed by atoms with Gasteiger partial charge in [-0.2, -0.15) is 11.8 Å². The first-order chi connectivity index (χ1) is 12.6. The fourth-order valence-corrected chi connectivity index (χ4v) is 3.23.